The lowest BCUT2D eigenvalue weighted by atomic mass is 10.1. The summed E-state index contributed by atoms with van der Waals surface area (Å²) in [4.78, 5) is 30.3. The Kier molecular flexibility index (Phi) is 7.41. The van der Waals surface area contributed by atoms with Crippen molar-refractivity contribution >= 4 is 27.8 Å². The topological polar surface area (TPSA) is 76.6 Å². The van der Waals surface area contributed by atoms with Gasteiger partial charge in [0.2, 0.25) is 5.88 Å². The average molecular weight is 470 g/mol. The van der Waals surface area contributed by atoms with E-state index < -0.39 is 11.2 Å². The van der Waals surface area contributed by atoms with Crippen LogP contribution < -0.4 is 11.2 Å². The van der Waals surface area contributed by atoms with E-state index >= 15 is 0 Å². The van der Waals surface area contributed by atoms with Crippen LogP contribution in [0, 0.1) is 0 Å². The molecule has 0 saturated carbocycles. The molecule has 0 amide bonds. The Morgan fingerprint density at radius 1 is 1.03 bits per heavy atom. The molecule has 7 heteroatoms. The summed E-state index contributed by atoms with van der Waals surface area (Å²) in [6, 6.07) is 17.0. The molecule has 6 nitrogen and oxygen atoms in total. The number of halogens is 1. The molecule has 0 spiro atoms. The number of nitrogens with zero attached hydrogens (tertiary/aromatic N) is 3. The fraction of sp³-hybridized carbons (Fsp3) is 0.261. The number of aromatic hydroxyl groups is 1. The van der Waals surface area contributed by atoms with Gasteiger partial charge in [-0.1, -0.05) is 65.7 Å². The fourth-order valence-corrected chi connectivity index (χ4v) is 3.51. The Morgan fingerprint density at radius 3 is 2.50 bits per heavy atom. The Labute approximate surface area is 183 Å². The molecule has 1 aromatic heterocycles. The number of benzene rings is 2. The summed E-state index contributed by atoms with van der Waals surface area (Å²) in [6.45, 7) is 2.57. The smallest absolute Gasteiger partial charge is 0.333 e. The second kappa shape index (κ2) is 10.2. The van der Waals surface area contributed by atoms with Gasteiger partial charge in [-0.25, -0.2) is 4.79 Å². The fourth-order valence-electron chi connectivity index (χ4n) is 3.12. The third-order valence-corrected chi connectivity index (χ3v) is 5.28. The minimum Gasteiger partial charge on any atom is -0.494 e. The van der Waals surface area contributed by atoms with Gasteiger partial charge >= 0.3 is 5.69 Å². The maximum atomic E-state index is 13.0. The van der Waals surface area contributed by atoms with Crippen LogP contribution in [0.4, 0.5) is 5.69 Å². The molecule has 3 aromatic rings. The molecule has 3 rings (SSSR count). The van der Waals surface area contributed by atoms with E-state index in [1.54, 1.807) is 12.1 Å². The van der Waals surface area contributed by atoms with Gasteiger partial charge in [-0.05, 0) is 36.6 Å². The highest BCUT2D eigenvalue weighted by Gasteiger charge is 2.17. The van der Waals surface area contributed by atoms with Gasteiger partial charge in [0.1, 0.15) is 5.56 Å². The maximum Gasteiger partial charge on any atom is 0.333 e. The Balaban J connectivity index is 2.03. The van der Waals surface area contributed by atoms with Crippen molar-refractivity contribution in [1.82, 2.24) is 9.13 Å². The molecule has 0 saturated heterocycles. The predicted molar refractivity (Wildman–Crippen MR) is 123 cm³/mol. The number of hydrogen-bond donors (Lipinski definition) is 1. The number of unbranched alkanes of at least 4 members (excludes halogenated alkanes) is 1. The van der Waals surface area contributed by atoms with Crippen LogP contribution in [0.3, 0.4) is 0 Å². The largest absolute Gasteiger partial charge is 0.494 e. The van der Waals surface area contributed by atoms with Crippen molar-refractivity contribution in [2.24, 2.45) is 4.99 Å². The van der Waals surface area contributed by atoms with E-state index in [0.717, 1.165) is 16.5 Å². The molecule has 0 aliphatic carbocycles. The van der Waals surface area contributed by atoms with Gasteiger partial charge in [-0.2, -0.15) is 0 Å². The van der Waals surface area contributed by atoms with E-state index in [1.165, 1.54) is 15.3 Å². The zero-order valence-electron chi connectivity index (χ0n) is 16.8. The zero-order chi connectivity index (χ0) is 21.5. The summed E-state index contributed by atoms with van der Waals surface area (Å²) in [7, 11) is 0. The van der Waals surface area contributed by atoms with Crippen molar-refractivity contribution in [3.05, 3.63) is 91.0 Å². The summed E-state index contributed by atoms with van der Waals surface area (Å²) in [6.07, 6.45) is 3.44. The number of aliphatic imine (C=N–C) groups is 1. The van der Waals surface area contributed by atoms with Gasteiger partial charge in [0.15, 0.2) is 0 Å². The standard InChI is InChI=1S/C23H24BrN3O3/c1-2-3-13-26-21(28)20(16-25-19-11-7-10-18(24)15-19)22(29)27(23(26)30)14-12-17-8-5-4-6-9-17/h4-11,15-16,28H,2-3,12-14H2,1H3. The molecule has 0 radical (unpaired) electrons. The number of aryl methyl sites for hydroxylation is 1. The molecule has 0 aliphatic rings. The molecule has 0 bridgehead atoms. The summed E-state index contributed by atoms with van der Waals surface area (Å²) >= 11 is 3.39. The zero-order valence-corrected chi connectivity index (χ0v) is 18.4. The summed E-state index contributed by atoms with van der Waals surface area (Å²) in [5.74, 6) is -0.340. The molecule has 30 heavy (non-hydrogen) atoms. The first kappa shape index (κ1) is 21.8. The minimum absolute atomic E-state index is 0.0127. The summed E-state index contributed by atoms with van der Waals surface area (Å²) in [5, 5.41) is 10.7. The molecule has 0 fully saturated rings. The second-order valence-electron chi connectivity index (χ2n) is 6.96. The second-order valence-corrected chi connectivity index (χ2v) is 7.87. The minimum atomic E-state index is -0.542. The SMILES string of the molecule is CCCCn1c(O)c(C=Nc2cccc(Br)c2)c(=O)n(CCc2ccccc2)c1=O. The van der Waals surface area contributed by atoms with Crippen LogP contribution in [0.15, 0.2) is 73.7 Å². The molecule has 0 unspecified atom stereocenters. The van der Waals surface area contributed by atoms with Crippen LogP contribution >= 0.6 is 15.9 Å². The Morgan fingerprint density at radius 2 is 1.80 bits per heavy atom. The maximum absolute atomic E-state index is 13.0. The van der Waals surface area contributed by atoms with Crippen LogP contribution in [0.2, 0.25) is 0 Å². The molecular formula is C23H24BrN3O3. The predicted octanol–water partition coefficient (Wildman–Crippen LogP) is 4.27. The van der Waals surface area contributed by atoms with Gasteiger partial charge in [0, 0.05) is 23.8 Å². The third kappa shape index (κ3) is 5.16. The van der Waals surface area contributed by atoms with Gasteiger partial charge in [0.05, 0.1) is 5.69 Å². The van der Waals surface area contributed by atoms with Gasteiger partial charge < -0.3 is 5.11 Å². The van der Waals surface area contributed by atoms with Crippen LogP contribution in [-0.4, -0.2) is 20.5 Å². The Hall–Kier alpha value is -2.93. The van der Waals surface area contributed by atoms with Crippen molar-refractivity contribution in [2.45, 2.75) is 39.3 Å². The van der Waals surface area contributed by atoms with Crippen molar-refractivity contribution < 1.29 is 5.11 Å². The summed E-state index contributed by atoms with van der Waals surface area (Å²) in [5.41, 5.74) is 0.631. The van der Waals surface area contributed by atoms with E-state index in [9.17, 15) is 14.7 Å². The highest BCUT2D eigenvalue weighted by molar-refractivity contribution is 9.10. The van der Waals surface area contributed by atoms with Crippen molar-refractivity contribution in [3.8, 4) is 5.88 Å². The van der Waals surface area contributed by atoms with Crippen LogP contribution in [0.25, 0.3) is 0 Å². The van der Waals surface area contributed by atoms with E-state index in [4.69, 9.17) is 0 Å². The molecule has 1 N–H and O–H groups in total. The van der Waals surface area contributed by atoms with Crippen LogP contribution in [-0.2, 0) is 19.5 Å². The van der Waals surface area contributed by atoms with E-state index in [2.05, 4.69) is 20.9 Å². The first-order valence-corrected chi connectivity index (χ1v) is 10.7. The average Bonchev–Trinajstić information content (AvgIpc) is 2.74. The molecular weight excluding hydrogens is 446 g/mol. The highest BCUT2D eigenvalue weighted by Crippen LogP contribution is 2.19. The number of hydrogen-bond acceptors (Lipinski definition) is 4. The summed E-state index contributed by atoms with van der Waals surface area (Å²) < 4.78 is 3.30. The molecule has 1 heterocycles. The van der Waals surface area contributed by atoms with Crippen molar-refractivity contribution in [1.29, 1.82) is 0 Å². The van der Waals surface area contributed by atoms with Crippen LogP contribution in [0.1, 0.15) is 30.9 Å². The van der Waals surface area contributed by atoms with E-state index in [-0.39, 0.29) is 18.0 Å². The monoisotopic (exact) mass is 469 g/mol. The first-order chi connectivity index (χ1) is 14.5. The van der Waals surface area contributed by atoms with E-state index in [1.807, 2.05) is 49.4 Å². The normalized spacial score (nSPS) is 11.3. The molecule has 156 valence electrons. The van der Waals surface area contributed by atoms with Crippen molar-refractivity contribution in [2.75, 3.05) is 0 Å². The lowest BCUT2D eigenvalue weighted by molar-refractivity contribution is 0.382. The quantitative estimate of drug-likeness (QED) is 0.500. The number of rotatable bonds is 8. The third-order valence-electron chi connectivity index (χ3n) is 4.79. The Bertz CT molecular complexity index is 1150. The highest BCUT2D eigenvalue weighted by atomic mass is 79.9. The van der Waals surface area contributed by atoms with Gasteiger partial charge in [-0.15, -0.1) is 0 Å². The first-order valence-electron chi connectivity index (χ1n) is 9.91. The van der Waals surface area contributed by atoms with Gasteiger partial charge in [-0.3, -0.25) is 18.9 Å². The lowest BCUT2D eigenvalue weighted by Gasteiger charge is -2.14. The lowest BCUT2D eigenvalue weighted by Crippen LogP contribution is -2.42. The van der Waals surface area contributed by atoms with Crippen LogP contribution in [0.5, 0.6) is 5.88 Å². The van der Waals surface area contributed by atoms with E-state index in [0.29, 0.717) is 25.1 Å². The molecule has 0 aliphatic heterocycles. The van der Waals surface area contributed by atoms with Gasteiger partial charge in [0.25, 0.3) is 5.56 Å². The number of aromatic nitrogens is 2. The van der Waals surface area contributed by atoms with Crippen molar-refractivity contribution in [3.63, 3.8) is 0 Å². The molecule has 0 atom stereocenters. The molecule has 2 aromatic carbocycles.